The Balaban J connectivity index is 2.37. The van der Waals surface area contributed by atoms with E-state index in [0.717, 1.165) is 18.5 Å². The van der Waals surface area contributed by atoms with Crippen LogP contribution in [0, 0.1) is 5.82 Å². The van der Waals surface area contributed by atoms with E-state index in [9.17, 15) is 4.39 Å². The van der Waals surface area contributed by atoms with Crippen LogP contribution >= 0.6 is 11.6 Å². The standard InChI is InChI=1S/C14H20ClFN2/c1-14(2,3)18-7-6-12(17)13(18)9-4-5-10(15)11(16)8-9/h4-5,8,12-13H,6-7,17H2,1-3H3/t12-,13+/m1/s1. The van der Waals surface area contributed by atoms with E-state index in [1.54, 1.807) is 6.07 Å². The summed E-state index contributed by atoms with van der Waals surface area (Å²) in [6, 6.07) is 5.11. The second kappa shape index (κ2) is 4.80. The number of benzene rings is 1. The van der Waals surface area contributed by atoms with Crippen molar-refractivity contribution in [3.63, 3.8) is 0 Å². The Bertz CT molecular complexity index is 442. The van der Waals surface area contributed by atoms with Crippen LogP contribution in [0.3, 0.4) is 0 Å². The molecule has 1 fully saturated rings. The first kappa shape index (κ1) is 13.8. The fraction of sp³-hybridized carbons (Fsp3) is 0.571. The molecule has 0 bridgehead atoms. The molecule has 0 saturated carbocycles. The van der Waals surface area contributed by atoms with Gasteiger partial charge in [0.05, 0.1) is 11.1 Å². The minimum atomic E-state index is -0.373. The van der Waals surface area contributed by atoms with Crippen LogP contribution in [0.1, 0.15) is 38.8 Å². The van der Waals surface area contributed by atoms with E-state index < -0.39 is 0 Å². The average Bonchev–Trinajstić information content (AvgIpc) is 2.64. The zero-order chi connectivity index (χ0) is 13.5. The van der Waals surface area contributed by atoms with Crippen molar-refractivity contribution < 1.29 is 4.39 Å². The number of hydrogen-bond acceptors (Lipinski definition) is 2. The molecule has 4 heteroatoms. The first-order chi connectivity index (χ1) is 8.30. The van der Waals surface area contributed by atoms with Crippen molar-refractivity contribution in [3.8, 4) is 0 Å². The molecule has 0 unspecified atom stereocenters. The summed E-state index contributed by atoms with van der Waals surface area (Å²) in [4.78, 5) is 2.33. The van der Waals surface area contributed by atoms with E-state index in [-0.39, 0.29) is 28.5 Å². The van der Waals surface area contributed by atoms with E-state index in [1.807, 2.05) is 6.07 Å². The lowest BCUT2D eigenvalue weighted by atomic mass is 9.97. The zero-order valence-corrected chi connectivity index (χ0v) is 11.8. The number of nitrogens with two attached hydrogens (primary N) is 1. The van der Waals surface area contributed by atoms with Gasteiger partial charge in [0, 0.05) is 18.1 Å². The largest absolute Gasteiger partial charge is 0.326 e. The lowest BCUT2D eigenvalue weighted by Gasteiger charge is -2.38. The topological polar surface area (TPSA) is 29.3 Å². The second-order valence-corrected chi connectivity index (χ2v) is 6.34. The van der Waals surface area contributed by atoms with Crippen LogP contribution in [0.2, 0.25) is 5.02 Å². The third-order valence-electron chi connectivity index (χ3n) is 3.59. The Morgan fingerprint density at radius 3 is 2.61 bits per heavy atom. The van der Waals surface area contributed by atoms with Gasteiger partial charge in [0.25, 0.3) is 0 Å². The average molecular weight is 271 g/mol. The van der Waals surface area contributed by atoms with Crippen LogP contribution < -0.4 is 5.73 Å². The molecule has 0 spiro atoms. The summed E-state index contributed by atoms with van der Waals surface area (Å²) in [5, 5.41) is 0.160. The molecule has 0 amide bonds. The fourth-order valence-corrected chi connectivity index (χ4v) is 2.81. The fourth-order valence-electron chi connectivity index (χ4n) is 2.69. The van der Waals surface area contributed by atoms with Gasteiger partial charge in [-0.2, -0.15) is 0 Å². The number of rotatable bonds is 1. The molecule has 2 N–H and O–H groups in total. The van der Waals surface area contributed by atoms with Crippen LogP contribution in [-0.2, 0) is 0 Å². The summed E-state index contributed by atoms with van der Waals surface area (Å²) in [6.45, 7) is 7.42. The van der Waals surface area contributed by atoms with Crippen molar-refractivity contribution in [1.82, 2.24) is 4.90 Å². The number of halogens is 2. The van der Waals surface area contributed by atoms with Crippen LogP contribution in [-0.4, -0.2) is 23.0 Å². The molecule has 1 saturated heterocycles. The van der Waals surface area contributed by atoms with Gasteiger partial charge < -0.3 is 5.73 Å². The van der Waals surface area contributed by atoms with Crippen molar-refractivity contribution in [2.45, 2.75) is 44.8 Å². The van der Waals surface area contributed by atoms with Crippen molar-refractivity contribution in [3.05, 3.63) is 34.6 Å². The Morgan fingerprint density at radius 1 is 1.39 bits per heavy atom. The highest BCUT2D eigenvalue weighted by Gasteiger charge is 2.38. The van der Waals surface area contributed by atoms with E-state index >= 15 is 0 Å². The predicted molar refractivity (Wildman–Crippen MR) is 73.2 cm³/mol. The van der Waals surface area contributed by atoms with Gasteiger partial charge in [-0.1, -0.05) is 17.7 Å². The van der Waals surface area contributed by atoms with Gasteiger partial charge in [0.15, 0.2) is 0 Å². The van der Waals surface area contributed by atoms with Crippen molar-refractivity contribution in [1.29, 1.82) is 0 Å². The molecule has 2 nitrogen and oxygen atoms in total. The van der Waals surface area contributed by atoms with Gasteiger partial charge in [-0.3, -0.25) is 4.90 Å². The maximum Gasteiger partial charge on any atom is 0.142 e. The summed E-state index contributed by atoms with van der Waals surface area (Å²) in [7, 11) is 0. The molecular formula is C14H20ClFN2. The number of likely N-dealkylation sites (tertiary alicyclic amines) is 1. The van der Waals surface area contributed by atoms with Gasteiger partial charge >= 0.3 is 0 Å². The summed E-state index contributed by atoms with van der Waals surface area (Å²) in [6.07, 6.45) is 0.937. The molecular weight excluding hydrogens is 251 g/mol. The van der Waals surface area contributed by atoms with Crippen LogP contribution in [0.25, 0.3) is 0 Å². The van der Waals surface area contributed by atoms with E-state index in [2.05, 4.69) is 25.7 Å². The molecule has 2 rings (SSSR count). The maximum atomic E-state index is 13.6. The summed E-state index contributed by atoms with van der Waals surface area (Å²) in [5.41, 5.74) is 7.13. The second-order valence-electron chi connectivity index (χ2n) is 5.94. The lowest BCUT2D eigenvalue weighted by Crippen LogP contribution is -2.43. The molecule has 0 aromatic heterocycles. The van der Waals surface area contributed by atoms with Crippen LogP contribution in [0.5, 0.6) is 0 Å². The quantitative estimate of drug-likeness (QED) is 0.848. The van der Waals surface area contributed by atoms with Crippen molar-refractivity contribution in [2.75, 3.05) is 6.54 Å². The van der Waals surface area contributed by atoms with E-state index in [0.29, 0.717) is 0 Å². The van der Waals surface area contributed by atoms with Gasteiger partial charge in [0.2, 0.25) is 0 Å². The molecule has 0 radical (unpaired) electrons. The monoisotopic (exact) mass is 270 g/mol. The maximum absolute atomic E-state index is 13.6. The SMILES string of the molecule is CC(C)(C)N1CC[C@@H](N)[C@@H]1c1ccc(Cl)c(F)c1. The van der Waals surface area contributed by atoms with E-state index in [1.165, 1.54) is 6.07 Å². The first-order valence-corrected chi connectivity index (χ1v) is 6.66. The highest BCUT2D eigenvalue weighted by atomic mass is 35.5. The molecule has 1 aromatic rings. The first-order valence-electron chi connectivity index (χ1n) is 6.28. The Hall–Kier alpha value is -0.640. The highest BCUT2D eigenvalue weighted by Crippen LogP contribution is 2.37. The minimum absolute atomic E-state index is 0.0227. The normalized spacial score (nSPS) is 25.7. The van der Waals surface area contributed by atoms with Gasteiger partial charge in [-0.05, 0) is 44.9 Å². The molecule has 0 aliphatic carbocycles. The molecule has 100 valence electrons. The number of nitrogens with zero attached hydrogens (tertiary/aromatic N) is 1. The molecule has 1 aliphatic heterocycles. The lowest BCUT2D eigenvalue weighted by molar-refractivity contribution is 0.117. The Morgan fingerprint density at radius 2 is 2.06 bits per heavy atom. The minimum Gasteiger partial charge on any atom is -0.326 e. The molecule has 1 heterocycles. The highest BCUT2D eigenvalue weighted by molar-refractivity contribution is 6.30. The zero-order valence-electron chi connectivity index (χ0n) is 11.1. The Labute approximate surface area is 113 Å². The van der Waals surface area contributed by atoms with Crippen molar-refractivity contribution >= 4 is 11.6 Å². The van der Waals surface area contributed by atoms with Crippen LogP contribution in [0.15, 0.2) is 18.2 Å². The molecule has 2 atom stereocenters. The van der Waals surface area contributed by atoms with Gasteiger partial charge in [-0.15, -0.1) is 0 Å². The molecule has 1 aromatic carbocycles. The van der Waals surface area contributed by atoms with Crippen LogP contribution in [0.4, 0.5) is 4.39 Å². The summed E-state index contributed by atoms with van der Waals surface area (Å²) >= 11 is 5.73. The van der Waals surface area contributed by atoms with E-state index in [4.69, 9.17) is 17.3 Å². The Kier molecular flexibility index (Phi) is 3.67. The van der Waals surface area contributed by atoms with Crippen molar-refractivity contribution in [2.24, 2.45) is 5.73 Å². The predicted octanol–water partition coefficient (Wildman–Crippen LogP) is 3.35. The number of hydrogen-bond donors (Lipinski definition) is 1. The third-order valence-corrected chi connectivity index (χ3v) is 3.90. The van der Waals surface area contributed by atoms with Gasteiger partial charge in [0.1, 0.15) is 5.82 Å². The summed E-state index contributed by atoms with van der Waals surface area (Å²) in [5.74, 6) is -0.373. The molecule has 18 heavy (non-hydrogen) atoms. The van der Waals surface area contributed by atoms with Gasteiger partial charge in [-0.25, -0.2) is 4.39 Å². The summed E-state index contributed by atoms with van der Waals surface area (Å²) < 4.78 is 13.6. The smallest absolute Gasteiger partial charge is 0.142 e. The third kappa shape index (κ3) is 2.53. The molecule has 1 aliphatic rings.